The smallest absolute Gasteiger partial charge is 0.251 e. The predicted molar refractivity (Wildman–Crippen MR) is 65.4 cm³/mol. The van der Waals surface area contributed by atoms with E-state index in [0.29, 0.717) is 19.8 Å². The Labute approximate surface area is 105 Å². The van der Waals surface area contributed by atoms with Crippen LogP contribution in [0.5, 0.6) is 5.75 Å². The molecular weight excluding hydrogens is 232 g/mol. The van der Waals surface area contributed by atoms with Gasteiger partial charge < -0.3 is 20.1 Å². The second kappa shape index (κ2) is 4.96. The first-order chi connectivity index (χ1) is 8.84. The lowest BCUT2D eigenvalue weighted by molar-refractivity contribution is -0.135. The molecule has 2 unspecified atom stereocenters. The molecule has 5 heteroatoms. The quantitative estimate of drug-likeness (QED) is 0.786. The molecule has 1 fully saturated rings. The van der Waals surface area contributed by atoms with Crippen molar-refractivity contribution in [3.8, 4) is 5.75 Å². The molecule has 0 radical (unpaired) electrons. The molecule has 2 aliphatic rings. The van der Waals surface area contributed by atoms with Crippen molar-refractivity contribution in [2.45, 2.75) is 12.1 Å². The summed E-state index contributed by atoms with van der Waals surface area (Å²) < 4.78 is 11.0. The summed E-state index contributed by atoms with van der Waals surface area (Å²) >= 11 is 0. The van der Waals surface area contributed by atoms with Crippen LogP contribution in [0.4, 0.5) is 0 Å². The number of ether oxygens (including phenoxy) is 2. The highest BCUT2D eigenvalue weighted by molar-refractivity contribution is 5.81. The van der Waals surface area contributed by atoms with E-state index in [-0.39, 0.29) is 11.9 Å². The van der Waals surface area contributed by atoms with Crippen LogP contribution in [-0.4, -0.2) is 38.3 Å². The minimum atomic E-state index is -0.397. The molecule has 1 amide bonds. The minimum absolute atomic E-state index is 0.0702. The average Bonchev–Trinajstić information content (AvgIpc) is 2.83. The topological polar surface area (TPSA) is 59.6 Å². The van der Waals surface area contributed by atoms with Gasteiger partial charge in [0.05, 0.1) is 12.6 Å². The van der Waals surface area contributed by atoms with E-state index in [0.717, 1.165) is 17.9 Å². The third-order valence-electron chi connectivity index (χ3n) is 3.24. The fourth-order valence-electron chi connectivity index (χ4n) is 2.28. The van der Waals surface area contributed by atoms with Gasteiger partial charge >= 0.3 is 0 Å². The van der Waals surface area contributed by atoms with Crippen molar-refractivity contribution >= 4 is 5.91 Å². The monoisotopic (exact) mass is 248 g/mol. The molecule has 2 heterocycles. The van der Waals surface area contributed by atoms with Crippen LogP contribution in [0.25, 0.3) is 0 Å². The number of para-hydroxylation sites is 1. The number of benzene rings is 1. The Morgan fingerprint density at radius 3 is 3.11 bits per heavy atom. The maximum absolute atomic E-state index is 12.0. The number of carbonyl (C=O) groups is 1. The fraction of sp³-hybridized carbons (Fsp3) is 0.462. The number of rotatable bonds is 2. The van der Waals surface area contributed by atoms with Crippen LogP contribution < -0.4 is 15.4 Å². The third-order valence-corrected chi connectivity index (χ3v) is 3.24. The SMILES string of the molecule is O=C(NC1COc2ccccc21)C1CNCCO1. The van der Waals surface area contributed by atoms with Crippen LogP contribution in [0.15, 0.2) is 24.3 Å². The summed E-state index contributed by atoms with van der Waals surface area (Å²) in [4.78, 5) is 12.0. The number of hydrogen-bond donors (Lipinski definition) is 2. The Balaban J connectivity index is 1.65. The van der Waals surface area contributed by atoms with Crippen LogP contribution in [0.1, 0.15) is 11.6 Å². The molecule has 1 aromatic carbocycles. The van der Waals surface area contributed by atoms with E-state index in [1.165, 1.54) is 0 Å². The lowest BCUT2D eigenvalue weighted by atomic mass is 10.1. The van der Waals surface area contributed by atoms with Crippen molar-refractivity contribution in [1.29, 1.82) is 0 Å². The second-order valence-corrected chi connectivity index (χ2v) is 4.47. The second-order valence-electron chi connectivity index (χ2n) is 4.47. The van der Waals surface area contributed by atoms with Gasteiger partial charge in [-0.3, -0.25) is 4.79 Å². The molecule has 0 saturated carbocycles. The van der Waals surface area contributed by atoms with Crippen LogP contribution in [0.3, 0.4) is 0 Å². The molecule has 1 saturated heterocycles. The number of carbonyl (C=O) groups excluding carboxylic acids is 1. The molecule has 0 bridgehead atoms. The molecule has 2 atom stereocenters. The molecule has 3 rings (SSSR count). The van der Waals surface area contributed by atoms with E-state index in [9.17, 15) is 4.79 Å². The molecule has 18 heavy (non-hydrogen) atoms. The Morgan fingerprint density at radius 1 is 1.39 bits per heavy atom. The van der Waals surface area contributed by atoms with Crippen LogP contribution in [0, 0.1) is 0 Å². The van der Waals surface area contributed by atoms with Gasteiger partial charge in [0.15, 0.2) is 0 Å². The van der Waals surface area contributed by atoms with Gasteiger partial charge in [-0.05, 0) is 6.07 Å². The molecule has 2 N–H and O–H groups in total. The Morgan fingerprint density at radius 2 is 2.28 bits per heavy atom. The van der Waals surface area contributed by atoms with E-state index in [1.807, 2.05) is 24.3 Å². The lowest BCUT2D eigenvalue weighted by Gasteiger charge is -2.24. The maximum atomic E-state index is 12.0. The van der Waals surface area contributed by atoms with Gasteiger partial charge in [0, 0.05) is 18.7 Å². The number of morpholine rings is 1. The lowest BCUT2D eigenvalue weighted by Crippen LogP contribution is -2.48. The van der Waals surface area contributed by atoms with E-state index >= 15 is 0 Å². The molecule has 0 spiro atoms. The Hall–Kier alpha value is -1.59. The Bertz CT molecular complexity index is 444. The van der Waals surface area contributed by atoms with Gasteiger partial charge in [0.25, 0.3) is 5.91 Å². The van der Waals surface area contributed by atoms with E-state index in [1.54, 1.807) is 0 Å². The highest BCUT2D eigenvalue weighted by Gasteiger charge is 2.29. The zero-order valence-corrected chi connectivity index (χ0v) is 10.0. The molecule has 5 nitrogen and oxygen atoms in total. The van der Waals surface area contributed by atoms with E-state index in [4.69, 9.17) is 9.47 Å². The van der Waals surface area contributed by atoms with Gasteiger partial charge in [-0.2, -0.15) is 0 Å². The summed E-state index contributed by atoms with van der Waals surface area (Å²) in [5.74, 6) is 0.776. The summed E-state index contributed by atoms with van der Waals surface area (Å²) in [6.45, 7) is 2.45. The van der Waals surface area contributed by atoms with Crippen LogP contribution in [-0.2, 0) is 9.53 Å². The summed E-state index contributed by atoms with van der Waals surface area (Å²) in [7, 11) is 0. The van der Waals surface area contributed by atoms with Gasteiger partial charge in [-0.1, -0.05) is 18.2 Å². The predicted octanol–water partition coefficient (Wildman–Crippen LogP) is 0.225. The standard InChI is InChI=1S/C13H16N2O3/c16-13(12-7-14-5-6-17-12)15-10-8-18-11-4-2-1-3-9(10)11/h1-4,10,12,14H,5-8H2,(H,15,16). The van der Waals surface area contributed by atoms with Gasteiger partial charge in [0.1, 0.15) is 18.5 Å². The normalized spacial score (nSPS) is 26.2. The van der Waals surface area contributed by atoms with Crippen molar-refractivity contribution < 1.29 is 14.3 Å². The molecule has 1 aromatic rings. The zero-order chi connectivity index (χ0) is 12.4. The largest absolute Gasteiger partial charge is 0.491 e. The number of nitrogens with one attached hydrogen (secondary N) is 2. The zero-order valence-electron chi connectivity index (χ0n) is 10.0. The maximum Gasteiger partial charge on any atom is 0.251 e. The van der Waals surface area contributed by atoms with Crippen molar-refractivity contribution in [1.82, 2.24) is 10.6 Å². The minimum Gasteiger partial charge on any atom is -0.491 e. The highest BCUT2D eigenvalue weighted by Crippen LogP contribution is 2.31. The summed E-state index contributed by atoms with van der Waals surface area (Å²) in [5.41, 5.74) is 1.04. The van der Waals surface area contributed by atoms with E-state index in [2.05, 4.69) is 10.6 Å². The highest BCUT2D eigenvalue weighted by atomic mass is 16.5. The first-order valence-corrected chi connectivity index (χ1v) is 6.19. The van der Waals surface area contributed by atoms with Crippen LogP contribution in [0.2, 0.25) is 0 Å². The molecular formula is C13H16N2O3. The average molecular weight is 248 g/mol. The van der Waals surface area contributed by atoms with Gasteiger partial charge in [0.2, 0.25) is 0 Å². The summed E-state index contributed by atoms with van der Waals surface area (Å²) in [5, 5.41) is 6.12. The number of hydrogen-bond acceptors (Lipinski definition) is 4. The molecule has 2 aliphatic heterocycles. The first-order valence-electron chi connectivity index (χ1n) is 6.19. The number of amides is 1. The van der Waals surface area contributed by atoms with Gasteiger partial charge in [-0.15, -0.1) is 0 Å². The molecule has 0 aliphatic carbocycles. The summed E-state index contributed by atoms with van der Waals surface area (Å²) in [6.07, 6.45) is -0.397. The summed E-state index contributed by atoms with van der Waals surface area (Å²) in [6, 6.07) is 7.70. The van der Waals surface area contributed by atoms with E-state index < -0.39 is 6.10 Å². The van der Waals surface area contributed by atoms with Crippen molar-refractivity contribution in [2.75, 3.05) is 26.3 Å². The number of fused-ring (bicyclic) bond motifs is 1. The Kier molecular flexibility index (Phi) is 3.17. The van der Waals surface area contributed by atoms with Gasteiger partial charge in [-0.25, -0.2) is 0 Å². The van der Waals surface area contributed by atoms with Crippen molar-refractivity contribution in [2.24, 2.45) is 0 Å². The van der Waals surface area contributed by atoms with Crippen molar-refractivity contribution in [3.63, 3.8) is 0 Å². The molecule has 96 valence electrons. The molecule has 0 aromatic heterocycles. The first kappa shape index (κ1) is 11.5. The van der Waals surface area contributed by atoms with Crippen molar-refractivity contribution in [3.05, 3.63) is 29.8 Å². The third kappa shape index (κ3) is 2.19. The van der Waals surface area contributed by atoms with Crippen LogP contribution >= 0.6 is 0 Å². The fourth-order valence-corrected chi connectivity index (χ4v) is 2.28.